The number of hydrogen-bond donors (Lipinski definition) is 1. The van der Waals surface area contributed by atoms with Crippen LogP contribution in [-0.4, -0.2) is 45.2 Å². The van der Waals surface area contributed by atoms with Gasteiger partial charge in [0.2, 0.25) is 0 Å². The summed E-state index contributed by atoms with van der Waals surface area (Å²) in [7, 11) is 5.62. The highest BCUT2D eigenvalue weighted by Crippen LogP contribution is 2.27. The highest BCUT2D eigenvalue weighted by Gasteiger charge is 2.19. The maximum atomic E-state index is 12.2. The van der Waals surface area contributed by atoms with Crippen LogP contribution in [0.2, 0.25) is 0 Å². The number of amides is 1. The smallest absolute Gasteiger partial charge is 0.258 e. The summed E-state index contributed by atoms with van der Waals surface area (Å²) in [5.74, 6) is 1.41. The summed E-state index contributed by atoms with van der Waals surface area (Å²) in [6.07, 6.45) is 0. The van der Waals surface area contributed by atoms with E-state index in [0.29, 0.717) is 6.54 Å². The molecule has 0 fully saturated rings. The predicted octanol–water partition coefficient (Wildman–Crippen LogP) is 3.53. The summed E-state index contributed by atoms with van der Waals surface area (Å²) >= 11 is 0. The van der Waals surface area contributed by atoms with Crippen LogP contribution in [0.3, 0.4) is 0 Å². The van der Waals surface area contributed by atoms with E-state index in [1.807, 2.05) is 70.4 Å². The lowest BCUT2D eigenvalue weighted by Gasteiger charge is -2.26. The number of para-hydroxylation sites is 1. The van der Waals surface area contributed by atoms with Crippen molar-refractivity contribution in [2.24, 2.45) is 0 Å². The summed E-state index contributed by atoms with van der Waals surface area (Å²) < 4.78 is 11.1. The van der Waals surface area contributed by atoms with Crippen molar-refractivity contribution in [3.8, 4) is 11.5 Å². The Balaban J connectivity index is 0.00000364. The number of methoxy groups -OCH3 is 1. The van der Waals surface area contributed by atoms with Crippen LogP contribution < -0.4 is 14.8 Å². The van der Waals surface area contributed by atoms with Gasteiger partial charge in [0.25, 0.3) is 5.91 Å². The second kappa shape index (κ2) is 10.8. The first-order valence-electron chi connectivity index (χ1n) is 8.69. The van der Waals surface area contributed by atoms with Crippen molar-refractivity contribution < 1.29 is 14.3 Å². The third-order valence-corrected chi connectivity index (χ3v) is 4.53. The monoisotopic (exact) mass is 392 g/mol. The normalized spacial score (nSPS) is 11.5. The molecular weight excluding hydrogens is 364 g/mol. The molecule has 0 aliphatic rings. The quantitative estimate of drug-likeness (QED) is 0.746. The summed E-state index contributed by atoms with van der Waals surface area (Å²) in [6, 6.07) is 13.7. The lowest BCUT2D eigenvalue weighted by Crippen LogP contribution is -2.37. The van der Waals surface area contributed by atoms with Gasteiger partial charge in [0, 0.05) is 12.1 Å². The molecule has 1 amide bonds. The van der Waals surface area contributed by atoms with E-state index in [1.165, 1.54) is 0 Å². The zero-order chi connectivity index (χ0) is 19.1. The fraction of sp³-hybridized carbons (Fsp3) is 0.381. The molecule has 0 heterocycles. The molecule has 27 heavy (non-hydrogen) atoms. The first-order valence-corrected chi connectivity index (χ1v) is 8.69. The average Bonchev–Trinajstić information content (AvgIpc) is 2.63. The fourth-order valence-electron chi connectivity index (χ4n) is 2.80. The van der Waals surface area contributed by atoms with Crippen LogP contribution in [0, 0.1) is 13.8 Å². The van der Waals surface area contributed by atoms with Gasteiger partial charge < -0.3 is 19.7 Å². The molecule has 1 N–H and O–H groups in total. The molecule has 2 rings (SSSR count). The fourth-order valence-corrected chi connectivity index (χ4v) is 2.80. The van der Waals surface area contributed by atoms with Crippen molar-refractivity contribution in [2.45, 2.75) is 19.9 Å². The van der Waals surface area contributed by atoms with E-state index >= 15 is 0 Å². The van der Waals surface area contributed by atoms with E-state index in [0.717, 1.165) is 28.2 Å². The van der Waals surface area contributed by atoms with Crippen LogP contribution in [0.1, 0.15) is 22.7 Å². The van der Waals surface area contributed by atoms with Crippen LogP contribution in [-0.2, 0) is 4.79 Å². The van der Waals surface area contributed by atoms with E-state index in [1.54, 1.807) is 7.11 Å². The molecule has 1 atom stereocenters. The van der Waals surface area contributed by atoms with Gasteiger partial charge in [-0.05, 0) is 51.2 Å². The maximum Gasteiger partial charge on any atom is 0.258 e. The number of halogens is 1. The number of rotatable bonds is 8. The molecule has 148 valence electrons. The van der Waals surface area contributed by atoms with E-state index in [-0.39, 0.29) is 31.0 Å². The second-order valence-electron chi connectivity index (χ2n) is 6.51. The first kappa shape index (κ1) is 22.8. The minimum Gasteiger partial charge on any atom is -0.496 e. The topological polar surface area (TPSA) is 50.8 Å². The van der Waals surface area contributed by atoms with Gasteiger partial charge in [0.15, 0.2) is 6.61 Å². The minimum atomic E-state index is -0.146. The summed E-state index contributed by atoms with van der Waals surface area (Å²) in [6.45, 7) is 4.49. The van der Waals surface area contributed by atoms with Crippen LogP contribution in [0.4, 0.5) is 0 Å². The molecule has 0 saturated carbocycles. The molecule has 0 aliphatic heterocycles. The Morgan fingerprint density at radius 2 is 1.74 bits per heavy atom. The number of aryl methyl sites for hydroxylation is 1. The predicted molar refractivity (Wildman–Crippen MR) is 111 cm³/mol. The molecule has 0 saturated heterocycles. The van der Waals surface area contributed by atoms with Crippen molar-refractivity contribution in [1.29, 1.82) is 0 Å². The molecule has 0 radical (unpaired) electrons. The molecular formula is C21H29ClN2O3. The van der Waals surface area contributed by atoms with Crippen LogP contribution in [0.25, 0.3) is 0 Å². The summed E-state index contributed by atoms with van der Waals surface area (Å²) in [4.78, 5) is 14.3. The first-order chi connectivity index (χ1) is 12.4. The lowest BCUT2D eigenvalue weighted by molar-refractivity contribution is -0.123. The highest BCUT2D eigenvalue weighted by molar-refractivity contribution is 5.85. The van der Waals surface area contributed by atoms with Crippen molar-refractivity contribution in [2.75, 3.05) is 34.4 Å². The van der Waals surface area contributed by atoms with Gasteiger partial charge in [0.05, 0.1) is 13.2 Å². The van der Waals surface area contributed by atoms with Gasteiger partial charge >= 0.3 is 0 Å². The van der Waals surface area contributed by atoms with Crippen molar-refractivity contribution in [3.63, 3.8) is 0 Å². The summed E-state index contributed by atoms with van der Waals surface area (Å²) in [5, 5.41) is 2.96. The van der Waals surface area contributed by atoms with Gasteiger partial charge in [-0.2, -0.15) is 0 Å². The second-order valence-corrected chi connectivity index (χ2v) is 6.51. The Labute approximate surface area is 168 Å². The third-order valence-electron chi connectivity index (χ3n) is 4.53. The van der Waals surface area contributed by atoms with E-state index in [9.17, 15) is 4.79 Å². The van der Waals surface area contributed by atoms with Crippen molar-refractivity contribution >= 4 is 18.3 Å². The number of hydrogen-bond acceptors (Lipinski definition) is 4. The SMILES string of the molecule is COc1ccccc1C(CNC(=O)COc1cccc(C)c1C)N(C)C.Cl. The third kappa shape index (κ3) is 6.15. The molecule has 1 unspecified atom stereocenters. The highest BCUT2D eigenvalue weighted by atomic mass is 35.5. The molecule has 0 bridgehead atoms. The Morgan fingerprint density at radius 3 is 2.41 bits per heavy atom. The summed E-state index contributed by atoms with van der Waals surface area (Å²) in [5.41, 5.74) is 3.24. The van der Waals surface area contributed by atoms with Gasteiger partial charge in [-0.25, -0.2) is 0 Å². The Kier molecular flexibility index (Phi) is 9.12. The number of benzene rings is 2. The number of likely N-dealkylation sites (N-methyl/N-ethyl adjacent to an activating group) is 1. The standard InChI is InChI=1S/C21H28N2O3.ClH/c1-15-9-8-12-19(16(15)2)26-14-21(24)22-13-18(23(3)4)17-10-6-7-11-20(17)25-5;/h6-12,18H,13-14H2,1-5H3,(H,22,24);1H. The van der Waals surface area contributed by atoms with Crippen molar-refractivity contribution in [3.05, 3.63) is 59.2 Å². The number of nitrogens with one attached hydrogen (secondary N) is 1. The van der Waals surface area contributed by atoms with Crippen LogP contribution in [0.5, 0.6) is 11.5 Å². The molecule has 5 nitrogen and oxygen atoms in total. The van der Waals surface area contributed by atoms with Gasteiger partial charge in [-0.1, -0.05) is 30.3 Å². The number of carbonyl (C=O) groups excluding carboxylic acids is 1. The number of nitrogens with zero attached hydrogens (tertiary/aromatic N) is 1. The molecule has 6 heteroatoms. The minimum absolute atomic E-state index is 0. The van der Waals surface area contributed by atoms with E-state index in [4.69, 9.17) is 9.47 Å². The lowest BCUT2D eigenvalue weighted by atomic mass is 10.0. The number of ether oxygens (including phenoxy) is 2. The maximum absolute atomic E-state index is 12.2. The molecule has 2 aromatic rings. The van der Waals surface area contributed by atoms with E-state index < -0.39 is 0 Å². The zero-order valence-electron chi connectivity index (χ0n) is 16.6. The Morgan fingerprint density at radius 1 is 1.07 bits per heavy atom. The Bertz CT molecular complexity index is 750. The van der Waals surface area contributed by atoms with Crippen molar-refractivity contribution in [1.82, 2.24) is 10.2 Å². The average molecular weight is 393 g/mol. The zero-order valence-corrected chi connectivity index (χ0v) is 17.4. The Hall–Kier alpha value is -2.24. The van der Waals surface area contributed by atoms with Crippen LogP contribution in [0.15, 0.2) is 42.5 Å². The molecule has 0 aliphatic carbocycles. The van der Waals surface area contributed by atoms with E-state index in [2.05, 4.69) is 10.2 Å². The number of carbonyl (C=O) groups is 1. The van der Waals surface area contributed by atoms with Crippen LogP contribution >= 0.6 is 12.4 Å². The molecule has 0 spiro atoms. The molecule has 0 aromatic heterocycles. The molecule has 2 aromatic carbocycles. The van der Waals surface area contributed by atoms with Gasteiger partial charge in [-0.15, -0.1) is 12.4 Å². The van der Waals surface area contributed by atoms with Gasteiger partial charge in [0.1, 0.15) is 11.5 Å². The largest absolute Gasteiger partial charge is 0.496 e. The van der Waals surface area contributed by atoms with Gasteiger partial charge in [-0.3, -0.25) is 4.79 Å².